The number of anilines is 1. The predicted molar refractivity (Wildman–Crippen MR) is 94.5 cm³/mol. The Balaban J connectivity index is 1.88. The normalized spacial score (nSPS) is 16.0. The molecule has 1 fully saturated rings. The molecule has 1 aliphatic rings. The third-order valence-corrected chi connectivity index (χ3v) is 7.28. The van der Waals surface area contributed by atoms with Crippen molar-refractivity contribution in [1.29, 1.82) is 0 Å². The fraction of sp³-hybridized carbons (Fsp3) is 0.267. The van der Waals surface area contributed by atoms with E-state index in [-0.39, 0.29) is 20.6 Å². The van der Waals surface area contributed by atoms with Crippen LogP contribution in [0.4, 0.5) is 5.69 Å². The summed E-state index contributed by atoms with van der Waals surface area (Å²) < 4.78 is 53.7. The molecule has 0 atom stereocenters. The molecule has 3 rings (SSSR count). The van der Waals surface area contributed by atoms with Crippen LogP contribution >= 0.6 is 11.6 Å². The van der Waals surface area contributed by atoms with Gasteiger partial charge in [-0.25, -0.2) is 21.8 Å². The highest BCUT2D eigenvalue weighted by molar-refractivity contribution is 7.92. The van der Waals surface area contributed by atoms with Crippen molar-refractivity contribution in [2.24, 2.45) is 0 Å². The van der Waals surface area contributed by atoms with E-state index >= 15 is 0 Å². The van der Waals surface area contributed by atoms with Gasteiger partial charge in [-0.3, -0.25) is 4.72 Å². The zero-order valence-corrected chi connectivity index (χ0v) is 15.5. The highest BCUT2D eigenvalue weighted by atomic mass is 35.5. The van der Waals surface area contributed by atoms with Gasteiger partial charge in [-0.05, 0) is 43.2 Å². The SMILES string of the molecule is O=S(=O)(Nc1cccc(S(=O)(=O)N2CCCC2)c1)c1ccc(Cl)nc1. The molecule has 1 aromatic carbocycles. The van der Waals surface area contributed by atoms with Crippen LogP contribution in [0.1, 0.15) is 12.8 Å². The molecular formula is C15H16ClN3O4S2. The Morgan fingerprint density at radius 2 is 1.72 bits per heavy atom. The fourth-order valence-corrected chi connectivity index (χ4v) is 5.20. The van der Waals surface area contributed by atoms with Gasteiger partial charge in [0.15, 0.2) is 0 Å². The molecule has 1 N–H and O–H groups in total. The zero-order valence-electron chi connectivity index (χ0n) is 13.1. The standard InChI is InChI=1S/C15H16ClN3O4S2/c16-15-7-6-14(11-17-15)24(20,21)18-12-4-3-5-13(10-12)25(22,23)19-8-1-2-9-19/h3-7,10-11,18H,1-2,8-9H2. The van der Waals surface area contributed by atoms with Gasteiger partial charge in [-0.1, -0.05) is 17.7 Å². The third kappa shape index (κ3) is 3.95. The maximum absolute atomic E-state index is 12.6. The highest BCUT2D eigenvalue weighted by Gasteiger charge is 2.27. The van der Waals surface area contributed by atoms with Gasteiger partial charge < -0.3 is 0 Å². The van der Waals surface area contributed by atoms with Crippen molar-refractivity contribution < 1.29 is 16.8 Å². The van der Waals surface area contributed by atoms with Crippen LogP contribution < -0.4 is 4.72 Å². The average Bonchev–Trinajstić information content (AvgIpc) is 3.10. The van der Waals surface area contributed by atoms with E-state index in [1.54, 1.807) is 0 Å². The number of hydrogen-bond acceptors (Lipinski definition) is 5. The van der Waals surface area contributed by atoms with E-state index in [9.17, 15) is 16.8 Å². The monoisotopic (exact) mass is 401 g/mol. The molecule has 0 amide bonds. The van der Waals surface area contributed by atoms with E-state index in [4.69, 9.17) is 11.6 Å². The molecule has 0 aliphatic carbocycles. The van der Waals surface area contributed by atoms with Crippen molar-refractivity contribution in [3.63, 3.8) is 0 Å². The molecule has 0 unspecified atom stereocenters. The number of nitrogens with zero attached hydrogens (tertiary/aromatic N) is 2. The predicted octanol–water partition coefficient (Wildman–Crippen LogP) is 2.32. The van der Waals surface area contributed by atoms with Crippen molar-refractivity contribution >= 4 is 37.3 Å². The molecule has 0 radical (unpaired) electrons. The van der Waals surface area contributed by atoms with Crippen LogP contribution in [0.5, 0.6) is 0 Å². The Kier molecular flexibility index (Phi) is 5.01. The van der Waals surface area contributed by atoms with Gasteiger partial charge in [0.25, 0.3) is 10.0 Å². The van der Waals surface area contributed by atoms with Crippen LogP contribution in [0.25, 0.3) is 0 Å². The Labute approximate surface area is 151 Å². The summed E-state index contributed by atoms with van der Waals surface area (Å²) in [5, 5.41) is 0.178. The maximum atomic E-state index is 12.6. The first-order valence-corrected chi connectivity index (χ1v) is 10.8. The van der Waals surface area contributed by atoms with Gasteiger partial charge in [0, 0.05) is 19.3 Å². The van der Waals surface area contributed by atoms with Crippen molar-refractivity contribution in [1.82, 2.24) is 9.29 Å². The van der Waals surface area contributed by atoms with Crippen LogP contribution in [0.3, 0.4) is 0 Å². The zero-order chi connectivity index (χ0) is 18.1. The van der Waals surface area contributed by atoms with E-state index in [0.717, 1.165) is 19.0 Å². The molecule has 0 spiro atoms. The number of aromatic nitrogens is 1. The lowest BCUT2D eigenvalue weighted by Gasteiger charge is -2.16. The minimum absolute atomic E-state index is 0.0591. The number of hydrogen-bond donors (Lipinski definition) is 1. The summed E-state index contributed by atoms with van der Waals surface area (Å²) in [5.74, 6) is 0. The van der Waals surface area contributed by atoms with E-state index in [1.165, 1.54) is 40.7 Å². The Morgan fingerprint density at radius 3 is 2.36 bits per heavy atom. The quantitative estimate of drug-likeness (QED) is 0.775. The second-order valence-corrected chi connectivity index (χ2v) is 9.57. The maximum Gasteiger partial charge on any atom is 0.263 e. The molecule has 1 aliphatic heterocycles. The largest absolute Gasteiger partial charge is 0.280 e. The number of rotatable bonds is 5. The minimum atomic E-state index is -3.89. The van der Waals surface area contributed by atoms with E-state index in [1.807, 2.05) is 0 Å². The van der Waals surface area contributed by atoms with Gasteiger partial charge in [0.1, 0.15) is 10.0 Å². The summed E-state index contributed by atoms with van der Waals surface area (Å²) in [6.45, 7) is 0.962. The molecule has 25 heavy (non-hydrogen) atoms. The first-order chi connectivity index (χ1) is 11.8. The molecular weight excluding hydrogens is 386 g/mol. The first-order valence-electron chi connectivity index (χ1n) is 7.54. The number of benzene rings is 1. The van der Waals surface area contributed by atoms with Crippen LogP contribution in [0.15, 0.2) is 52.4 Å². The molecule has 134 valence electrons. The molecule has 2 aromatic rings. The average molecular weight is 402 g/mol. The first kappa shape index (κ1) is 18.1. The van der Waals surface area contributed by atoms with Gasteiger partial charge in [0.05, 0.1) is 10.6 Å². The van der Waals surface area contributed by atoms with Crippen molar-refractivity contribution in [2.75, 3.05) is 17.8 Å². The topological polar surface area (TPSA) is 96.4 Å². The van der Waals surface area contributed by atoms with E-state index in [0.29, 0.717) is 13.1 Å². The number of sulfonamides is 2. The summed E-state index contributed by atoms with van der Waals surface area (Å²) in [4.78, 5) is 3.73. The molecule has 1 saturated heterocycles. The Hall–Kier alpha value is -1.68. The van der Waals surface area contributed by atoms with Crippen molar-refractivity contribution in [2.45, 2.75) is 22.6 Å². The fourth-order valence-electron chi connectivity index (χ4n) is 2.53. The minimum Gasteiger partial charge on any atom is -0.280 e. The van der Waals surface area contributed by atoms with Gasteiger partial charge >= 0.3 is 0 Å². The Bertz CT molecular complexity index is 970. The highest BCUT2D eigenvalue weighted by Crippen LogP contribution is 2.24. The summed E-state index contributed by atoms with van der Waals surface area (Å²) in [5.41, 5.74) is 0.162. The lowest BCUT2D eigenvalue weighted by Crippen LogP contribution is -2.27. The second kappa shape index (κ2) is 6.91. The lowest BCUT2D eigenvalue weighted by molar-refractivity contribution is 0.477. The summed E-state index contributed by atoms with van der Waals surface area (Å²) in [6.07, 6.45) is 2.79. The molecule has 0 bridgehead atoms. The summed E-state index contributed by atoms with van der Waals surface area (Å²) in [6, 6.07) is 8.45. The van der Waals surface area contributed by atoms with Crippen molar-refractivity contribution in [3.8, 4) is 0 Å². The molecule has 0 saturated carbocycles. The van der Waals surface area contributed by atoms with Crippen LogP contribution in [-0.4, -0.2) is 39.2 Å². The Morgan fingerprint density at radius 1 is 1.00 bits per heavy atom. The number of halogens is 1. The van der Waals surface area contributed by atoms with Gasteiger partial charge in [-0.2, -0.15) is 4.31 Å². The third-order valence-electron chi connectivity index (χ3n) is 3.80. The number of pyridine rings is 1. The molecule has 1 aromatic heterocycles. The second-order valence-electron chi connectivity index (χ2n) is 5.56. The molecule has 10 heteroatoms. The summed E-state index contributed by atoms with van der Waals surface area (Å²) >= 11 is 5.66. The van der Waals surface area contributed by atoms with E-state index < -0.39 is 20.0 Å². The molecule has 7 nitrogen and oxygen atoms in total. The van der Waals surface area contributed by atoms with Crippen LogP contribution in [-0.2, 0) is 20.0 Å². The smallest absolute Gasteiger partial charge is 0.263 e. The van der Waals surface area contributed by atoms with E-state index in [2.05, 4.69) is 9.71 Å². The number of nitrogens with one attached hydrogen (secondary N) is 1. The van der Waals surface area contributed by atoms with Gasteiger partial charge in [0.2, 0.25) is 10.0 Å². The van der Waals surface area contributed by atoms with Gasteiger partial charge in [-0.15, -0.1) is 0 Å². The summed E-state index contributed by atoms with van der Waals surface area (Å²) in [7, 11) is -7.51. The van der Waals surface area contributed by atoms with Crippen LogP contribution in [0, 0.1) is 0 Å². The van der Waals surface area contributed by atoms with Crippen molar-refractivity contribution in [3.05, 3.63) is 47.7 Å². The van der Waals surface area contributed by atoms with Crippen LogP contribution in [0.2, 0.25) is 5.15 Å². The lowest BCUT2D eigenvalue weighted by atomic mass is 10.3. The molecule has 2 heterocycles.